The van der Waals surface area contributed by atoms with Crippen LogP contribution in [0.5, 0.6) is 0 Å². The molecule has 0 aliphatic heterocycles. The lowest BCUT2D eigenvalue weighted by molar-refractivity contribution is -0.193. The Morgan fingerprint density at radius 1 is 0.233 bits per heavy atom. The number of oxazole rings is 5. The van der Waals surface area contributed by atoms with E-state index >= 15 is 0 Å². The van der Waals surface area contributed by atoms with Gasteiger partial charge in [0.2, 0.25) is 29.5 Å². The third kappa shape index (κ3) is 18.3. The predicted octanol–water partition coefficient (Wildman–Crippen LogP) is 17.1. The summed E-state index contributed by atoms with van der Waals surface area (Å²) in [6, 6.07) is 71.2. The molecule has 0 saturated carbocycles. The van der Waals surface area contributed by atoms with Gasteiger partial charge in [0.15, 0.2) is 27.9 Å². The molecule has 0 amide bonds. The average Bonchev–Trinajstić information content (AvgIpc) is 1.57. The maximum Gasteiger partial charge on any atom is 0.373 e. The first-order chi connectivity index (χ1) is 58.3. The molecule has 10 heterocycles. The van der Waals surface area contributed by atoms with Crippen LogP contribution in [-0.2, 0) is 28.8 Å². The van der Waals surface area contributed by atoms with Gasteiger partial charge in [-0.3, -0.25) is 0 Å². The van der Waals surface area contributed by atoms with Gasteiger partial charge in [0.05, 0.1) is 0 Å². The molecule has 0 aliphatic rings. The van der Waals surface area contributed by atoms with E-state index in [1.165, 1.54) is 0 Å². The molecule has 594 valence electrons. The highest BCUT2D eigenvalue weighted by atomic mass is 35.5. The van der Waals surface area contributed by atoms with Crippen LogP contribution >= 0.6 is 11.6 Å². The molecule has 20 aromatic rings. The first-order valence-electron chi connectivity index (χ1n) is 35.6. The van der Waals surface area contributed by atoms with Crippen LogP contribution in [0.1, 0.15) is 0 Å². The van der Waals surface area contributed by atoms with Crippen LogP contribution in [0.3, 0.4) is 0 Å². The fraction of sp³-hybridized carbons (Fsp3) is 0.0568. The predicted molar refractivity (Wildman–Crippen MR) is 445 cm³/mol. The highest BCUT2D eigenvalue weighted by Crippen LogP contribution is 2.33. The number of anilines is 5. The SMILES string of the molecule is CNc1ccc2cc(-c3nc4cc(Cl)ccc4o3)c(=O)oc2c1.CNc1ccc2cc(-c3nc4ccccc4o3)c(=O)oc2c1.CNc1ccc2cc(-c3nc4ccccc4o3)c(=O)oc2c1.CNc1ccc2cc(-c3nc4ccccc4o3)c(=O)oc2c1.CNc1ccc2cc(-c3nc4ccccc4o3)c(=O)oc2c1.O=C=O.O=C=O.O=C=O. The number of benzene rings is 10. The number of fused-ring (bicyclic) bond motifs is 10. The summed E-state index contributed by atoms with van der Waals surface area (Å²) in [5.41, 5.74) is 12.8. The first-order valence-corrected chi connectivity index (χ1v) is 36.0. The number of hydrogen-bond donors (Lipinski definition) is 5. The van der Waals surface area contributed by atoms with Crippen LogP contribution < -0.4 is 54.7 Å². The smallest absolute Gasteiger partial charge is 0.373 e. The molecule has 32 heteroatoms. The molecule has 0 bridgehead atoms. The largest absolute Gasteiger partial charge is 0.436 e. The number of nitrogens with zero attached hydrogens (tertiary/aromatic N) is 5. The van der Waals surface area contributed by atoms with E-state index < -0.39 is 28.1 Å². The molecule has 0 unspecified atom stereocenters. The molecule has 20 rings (SSSR count). The minimum absolute atomic E-state index is 0.218. The summed E-state index contributed by atoms with van der Waals surface area (Å²) >= 11 is 5.94. The van der Waals surface area contributed by atoms with Gasteiger partial charge in [-0.25, -0.2) is 48.9 Å². The number of nitrogens with one attached hydrogen (secondary N) is 5. The third-order valence-electron chi connectivity index (χ3n) is 17.8. The highest BCUT2D eigenvalue weighted by molar-refractivity contribution is 6.31. The minimum atomic E-state index is -0.497. The van der Waals surface area contributed by atoms with E-state index in [2.05, 4.69) is 51.5 Å². The number of rotatable bonds is 10. The fourth-order valence-corrected chi connectivity index (χ4v) is 12.2. The van der Waals surface area contributed by atoms with Gasteiger partial charge >= 0.3 is 46.6 Å². The second-order valence-electron chi connectivity index (χ2n) is 25.1. The van der Waals surface area contributed by atoms with Crippen molar-refractivity contribution in [2.75, 3.05) is 61.8 Å². The van der Waals surface area contributed by atoms with Crippen LogP contribution in [0.4, 0.5) is 28.4 Å². The fourth-order valence-electron chi connectivity index (χ4n) is 12.0. The van der Waals surface area contributed by atoms with Crippen molar-refractivity contribution in [3.63, 3.8) is 0 Å². The van der Waals surface area contributed by atoms with Crippen molar-refractivity contribution < 1.29 is 72.9 Å². The molecule has 0 fully saturated rings. The van der Waals surface area contributed by atoms with Gasteiger partial charge in [-0.2, -0.15) is 28.8 Å². The second kappa shape index (κ2) is 36.9. The molecule has 0 radical (unpaired) electrons. The summed E-state index contributed by atoms with van der Waals surface area (Å²) in [5, 5.41) is 19.7. The molecule has 5 N–H and O–H groups in total. The Morgan fingerprint density at radius 3 is 0.642 bits per heavy atom. The van der Waals surface area contributed by atoms with E-state index in [0.717, 1.165) is 55.4 Å². The Bertz CT molecular complexity index is 6800. The Kier molecular flexibility index (Phi) is 24.9. The number of carbonyl (C=O) groups excluding carboxylic acids is 6. The van der Waals surface area contributed by atoms with Crippen LogP contribution in [0.15, 0.2) is 305 Å². The zero-order chi connectivity index (χ0) is 84.5. The first kappa shape index (κ1) is 81.1. The standard InChI is InChI=1S/C17H11ClN2O3.4C17H12N2O3.3CO2/c1-19-11-4-2-9-6-12(17(21)23-15(9)8-11)16-20-13-7-10(18)3-5-14(13)22-16;4*1-18-11-7-6-10-8-12(17(20)22-15(10)9-11)16-19-13-4-2-3-5-14(13)21-16;3*2-1-3/h2-8,19H,1H3;4*2-9,18H,1H3;;;. The van der Waals surface area contributed by atoms with Gasteiger partial charge in [-0.05, 0) is 158 Å². The van der Waals surface area contributed by atoms with Crippen molar-refractivity contribution in [2.24, 2.45) is 0 Å². The highest BCUT2D eigenvalue weighted by Gasteiger charge is 2.21. The van der Waals surface area contributed by atoms with E-state index in [4.69, 9.17) is 84.5 Å². The van der Waals surface area contributed by atoms with Crippen LogP contribution in [-0.4, -0.2) is 78.6 Å². The summed E-state index contributed by atoms with van der Waals surface area (Å²) in [5.74, 6) is 1.31. The maximum absolute atomic E-state index is 12.3. The zero-order valence-electron chi connectivity index (χ0n) is 63.2. The Morgan fingerprint density at radius 2 is 0.433 bits per heavy atom. The Balaban J connectivity index is 0.000000126. The number of aromatic nitrogens is 5. The van der Waals surface area contributed by atoms with Gasteiger partial charge in [0.1, 0.15) is 83.3 Å². The quantitative estimate of drug-likeness (QED) is 0.0794. The molecule has 10 aromatic heterocycles. The maximum atomic E-state index is 12.3. The van der Waals surface area contributed by atoms with Gasteiger partial charge in [-0.1, -0.05) is 60.1 Å². The zero-order valence-corrected chi connectivity index (χ0v) is 64.0. The monoisotopic (exact) mass is 1630 g/mol. The molecule has 10 aromatic carbocycles. The van der Waals surface area contributed by atoms with Crippen molar-refractivity contribution in [1.29, 1.82) is 0 Å². The van der Waals surface area contributed by atoms with Crippen LogP contribution in [0, 0.1) is 0 Å². The van der Waals surface area contributed by atoms with Gasteiger partial charge in [-0.15, -0.1) is 0 Å². The van der Waals surface area contributed by atoms with E-state index in [0.29, 0.717) is 111 Å². The van der Waals surface area contributed by atoms with Crippen LogP contribution in [0.25, 0.3) is 168 Å². The van der Waals surface area contributed by atoms with E-state index in [1.807, 2.05) is 186 Å². The normalized spacial score (nSPS) is 10.5. The van der Waals surface area contributed by atoms with Gasteiger partial charge in [0, 0.05) is 126 Å². The van der Waals surface area contributed by atoms with E-state index in [-0.39, 0.29) is 53.5 Å². The minimum Gasteiger partial charge on any atom is -0.436 e. The summed E-state index contributed by atoms with van der Waals surface area (Å²) in [6.45, 7) is 0. The molecule has 0 atom stereocenters. The van der Waals surface area contributed by atoms with Crippen molar-refractivity contribution in [1.82, 2.24) is 24.9 Å². The third-order valence-corrected chi connectivity index (χ3v) is 18.0. The lowest BCUT2D eigenvalue weighted by Crippen LogP contribution is -2.03. The van der Waals surface area contributed by atoms with E-state index in [1.54, 1.807) is 85.9 Å². The van der Waals surface area contributed by atoms with Gasteiger partial charge < -0.3 is 70.8 Å². The van der Waals surface area contributed by atoms with Crippen molar-refractivity contribution in [2.45, 2.75) is 0 Å². The van der Waals surface area contributed by atoms with Crippen LogP contribution in [0.2, 0.25) is 5.02 Å². The second-order valence-corrected chi connectivity index (χ2v) is 25.5. The molecule has 0 aliphatic carbocycles. The number of para-hydroxylation sites is 8. The molecule has 0 saturated heterocycles. The van der Waals surface area contributed by atoms with Crippen molar-refractivity contribution >= 4 is 169 Å². The topological polar surface area (TPSA) is 444 Å². The Hall–Kier alpha value is -17.0. The molecule has 31 nitrogen and oxygen atoms in total. The van der Waals surface area contributed by atoms with E-state index in [9.17, 15) is 24.0 Å². The molecule has 120 heavy (non-hydrogen) atoms. The van der Waals surface area contributed by atoms with Crippen molar-refractivity contribution in [3.05, 3.63) is 294 Å². The summed E-state index contributed by atoms with van der Waals surface area (Å²) in [4.78, 5) is 132. The summed E-state index contributed by atoms with van der Waals surface area (Å²) in [6.07, 6.45) is 0.750. The molecule has 0 spiro atoms. The Labute approximate surface area is 676 Å². The summed E-state index contributed by atoms with van der Waals surface area (Å²) in [7, 11) is 9.05. The number of hydrogen-bond acceptors (Lipinski definition) is 31. The summed E-state index contributed by atoms with van der Waals surface area (Å²) < 4.78 is 55.2. The average molecular weight is 1630 g/mol. The van der Waals surface area contributed by atoms with Gasteiger partial charge in [0.25, 0.3) is 0 Å². The molecular formula is C88H59ClN10O21. The molecular weight excluding hydrogens is 1570 g/mol. The van der Waals surface area contributed by atoms with Crippen molar-refractivity contribution in [3.8, 4) is 57.3 Å². The lowest BCUT2D eigenvalue weighted by atomic mass is 10.1. The number of halogens is 1. The lowest BCUT2D eigenvalue weighted by Gasteiger charge is -2.02.